The number of methoxy groups -OCH3 is 1. The first-order valence-electron chi connectivity index (χ1n) is 6.70. The van der Waals surface area contributed by atoms with E-state index in [0.717, 1.165) is 18.6 Å². The lowest BCUT2D eigenvalue weighted by Gasteiger charge is -2.20. The van der Waals surface area contributed by atoms with Gasteiger partial charge in [-0.3, -0.25) is 4.79 Å². The minimum Gasteiger partial charge on any atom is -0.469 e. The summed E-state index contributed by atoms with van der Waals surface area (Å²) in [5, 5.41) is 3.42. The number of benzene rings is 1. The van der Waals surface area contributed by atoms with Crippen molar-refractivity contribution in [2.45, 2.75) is 31.4 Å². The zero-order valence-corrected chi connectivity index (χ0v) is 11.5. The number of nitrogens with one attached hydrogen (secondary N) is 1. The summed E-state index contributed by atoms with van der Waals surface area (Å²) < 4.78 is 10.4. The van der Waals surface area contributed by atoms with Gasteiger partial charge < -0.3 is 14.8 Å². The Morgan fingerprint density at radius 2 is 2.21 bits per heavy atom. The Morgan fingerprint density at radius 1 is 1.47 bits per heavy atom. The van der Waals surface area contributed by atoms with Crippen molar-refractivity contribution in [2.75, 3.05) is 20.3 Å². The number of hydrogen-bond donors (Lipinski definition) is 1. The van der Waals surface area contributed by atoms with Gasteiger partial charge in [0.25, 0.3) is 0 Å². The second-order valence-electron chi connectivity index (χ2n) is 4.87. The Kier molecular flexibility index (Phi) is 4.93. The van der Waals surface area contributed by atoms with Crippen LogP contribution in [0.2, 0.25) is 0 Å². The average Bonchev–Trinajstić information content (AvgIpc) is 2.85. The van der Waals surface area contributed by atoms with E-state index in [0.29, 0.717) is 12.6 Å². The molecule has 3 atom stereocenters. The summed E-state index contributed by atoms with van der Waals surface area (Å²) in [6.07, 6.45) is 1.19. The lowest BCUT2D eigenvalue weighted by Crippen LogP contribution is -2.39. The molecule has 0 radical (unpaired) electrons. The van der Waals surface area contributed by atoms with Crippen LogP contribution in [-0.2, 0) is 14.3 Å². The monoisotopic (exact) mass is 263 g/mol. The number of carbonyl (C=O) groups is 1. The molecule has 0 saturated carbocycles. The first kappa shape index (κ1) is 14.0. The zero-order chi connectivity index (χ0) is 13.7. The summed E-state index contributed by atoms with van der Waals surface area (Å²) in [6.45, 7) is 3.42. The van der Waals surface area contributed by atoms with E-state index in [-0.39, 0.29) is 18.0 Å². The molecular formula is C15H21NO3. The number of hydrogen-bond acceptors (Lipinski definition) is 4. The minimum absolute atomic E-state index is 0.203. The Balaban J connectivity index is 2.00. The average molecular weight is 263 g/mol. The third-order valence-corrected chi connectivity index (χ3v) is 3.65. The van der Waals surface area contributed by atoms with Crippen molar-refractivity contribution in [3.8, 4) is 0 Å². The summed E-state index contributed by atoms with van der Waals surface area (Å²) in [5.41, 5.74) is 0.980. The largest absolute Gasteiger partial charge is 0.469 e. The van der Waals surface area contributed by atoms with E-state index in [1.165, 1.54) is 7.11 Å². The molecule has 2 rings (SSSR count). The van der Waals surface area contributed by atoms with Crippen molar-refractivity contribution in [3.63, 3.8) is 0 Å². The molecule has 1 saturated heterocycles. The molecule has 1 N–H and O–H groups in total. The summed E-state index contributed by atoms with van der Waals surface area (Å²) in [6, 6.07) is 10.0. The van der Waals surface area contributed by atoms with Crippen LogP contribution in [0.15, 0.2) is 30.3 Å². The smallest absolute Gasteiger partial charge is 0.314 e. The van der Waals surface area contributed by atoms with Gasteiger partial charge in [-0.25, -0.2) is 0 Å². The van der Waals surface area contributed by atoms with Crippen molar-refractivity contribution < 1.29 is 14.3 Å². The van der Waals surface area contributed by atoms with Crippen LogP contribution in [-0.4, -0.2) is 38.4 Å². The molecule has 1 aliphatic heterocycles. The van der Waals surface area contributed by atoms with Crippen LogP contribution >= 0.6 is 0 Å². The maximum Gasteiger partial charge on any atom is 0.314 e. The van der Waals surface area contributed by atoms with Gasteiger partial charge in [0, 0.05) is 19.2 Å². The molecule has 0 aromatic heterocycles. The van der Waals surface area contributed by atoms with Gasteiger partial charge in [-0.2, -0.15) is 0 Å². The first-order chi connectivity index (χ1) is 9.22. The molecule has 4 nitrogen and oxygen atoms in total. The molecule has 1 aliphatic rings. The quantitative estimate of drug-likeness (QED) is 0.822. The lowest BCUT2D eigenvalue weighted by molar-refractivity contribution is -0.142. The van der Waals surface area contributed by atoms with Crippen LogP contribution in [0.1, 0.15) is 24.8 Å². The molecule has 19 heavy (non-hydrogen) atoms. The van der Waals surface area contributed by atoms with E-state index in [1.54, 1.807) is 0 Å². The second-order valence-corrected chi connectivity index (χ2v) is 4.87. The first-order valence-corrected chi connectivity index (χ1v) is 6.70. The van der Waals surface area contributed by atoms with E-state index in [4.69, 9.17) is 9.47 Å². The zero-order valence-electron chi connectivity index (χ0n) is 11.5. The topological polar surface area (TPSA) is 47.6 Å². The van der Waals surface area contributed by atoms with Gasteiger partial charge in [0.15, 0.2) is 0 Å². The SMILES string of the molecule is COC(=O)C(CNC1CCOC1C)c1ccccc1. The number of rotatable bonds is 5. The van der Waals surface area contributed by atoms with Crippen molar-refractivity contribution in [3.05, 3.63) is 35.9 Å². The van der Waals surface area contributed by atoms with Crippen molar-refractivity contribution >= 4 is 5.97 Å². The third-order valence-electron chi connectivity index (χ3n) is 3.65. The molecule has 0 bridgehead atoms. The van der Waals surface area contributed by atoms with Gasteiger partial charge in [0.2, 0.25) is 0 Å². The van der Waals surface area contributed by atoms with Crippen LogP contribution in [0.5, 0.6) is 0 Å². The number of esters is 1. The molecule has 0 spiro atoms. The van der Waals surface area contributed by atoms with Gasteiger partial charge in [0.1, 0.15) is 0 Å². The molecule has 4 heteroatoms. The van der Waals surface area contributed by atoms with Gasteiger partial charge in [-0.15, -0.1) is 0 Å². The van der Waals surface area contributed by atoms with E-state index in [9.17, 15) is 4.79 Å². The molecule has 0 aliphatic carbocycles. The molecule has 3 unspecified atom stereocenters. The van der Waals surface area contributed by atoms with Gasteiger partial charge in [-0.1, -0.05) is 30.3 Å². The molecule has 0 amide bonds. The Labute approximate surface area is 114 Å². The fourth-order valence-electron chi connectivity index (χ4n) is 2.43. The highest BCUT2D eigenvalue weighted by molar-refractivity contribution is 5.78. The van der Waals surface area contributed by atoms with Crippen molar-refractivity contribution in [1.29, 1.82) is 0 Å². The second kappa shape index (κ2) is 6.68. The highest BCUT2D eigenvalue weighted by Crippen LogP contribution is 2.18. The van der Waals surface area contributed by atoms with E-state index >= 15 is 0 Å². The summed E-state index contributed by atoms with van der Waals surface area (Å²) in [5.74, 6) is -0.468. The third kappa shape index (κ3) is 3.55. The molecular weight excluding hydrogens is 242 g/mol. The molecule has 104 valence electrons. The van der Waals surface area contributed by atoms with E-state index in [1.807, 2.05) is 30.3 Å². The van der Waals surface area contributed by atoms with Gasteiger partial charge in [-0.05, 0) is 18.9 Å². The van der Waals surface area contributed by atoms with Crippen LogP contribution in [0.3, 0.4) is 0 Å². The van der Waals surface area contributed by atoms with E-state index in [2.05, 4.69) is 12.2 Å². The van der Waals surface area contributed by atoms with E-state index < -0.39 is 0 Å². The maximum atomic E-state index is 11.9. The van der Waals surface area contributed by atoms with Crippen LogP contribution in [0.4, 0.5) is 0 Å². The Bertz CT molecular complexity index is 407. The predicted molar refractivity (Wildman–Crippen MR) is 73.0 cm³/mol. The highest BCUT2D eigenvalue weighted by atomic mass is 16.5. The van der Waals surface area contributed by atoms with Gasteiger partial charge >= 0.3 is 5.97 Å². The molecule has 1 aromatic carbocycles. The number of carbonyl (C=O) groups excluding carboxylic acids is 1. The Hall–Kier alpha value is -1.39. The van der Waals surface area contributed by atoms with Crippen molar-refractivity contribution in [2.24, 2.45) is 0 Å². The van der Waals surface area contributed by atoms with Crippen LogP contribution in [0.25, 0.3) is 0 Å². The fourth-order valence-corrected chi connectivity index (χ4v) is 2.43. The van der Waals surface area contributed by atoms with Crippen LogP contribution in [0, 0.1) is 0 Å². The fraction of sp³-hybridized carbons (Fsp3) is 0.533. The van der Waals surface area contributed by atoms with Gasteiger partial charge in [0.05, 0.1) is 19.1 Å². The predicted octanol–water partition coefficient (Wildman–Crippen LogP) is 1.71. The highest BCUT2D eigenvalue weighted by Gasteiger charge is 2.27. The standard InChI is InChI=1S/C15H21NO3/c1-11-14(8-9-19-11)16-10-13(15(17)18-2)12-6-4-3-5-7-12/h3-7,11,13-14,16H,8-10H2,1-2H3. The molecule has 1 aromatic rings. The lowest BCUT2D eigenvalue weighted by atomic mass is 9.98. The summed E-state index contributed by atoms with van der Waals surface area (Å²) in [4.78, 5) is 11.9. The molecule has 1 fully saturated rings. The molecule has 1 heterocycles. The van der Waals surface area contributed by atoms with Crippen LogP contribution < -0.4 is 5.32 Å². The van der Waals surface area contributed by atoms with Crippen molar-refractivity contribution in [1.82, 2.24) is 5.32 Å². The minimum atomic E-state index is -0.265. The number of ether oxygens (including phenoxy) is 2. The summed E-state index contributed by atoms with van der Waals surface area (Å²) in [7, 11) is 1.43. The Morgan fingerprint density at radius 3 is 2.79 bits per heavy atom. The maximum absolute atomic E-state index is 11.9. The summed E-state index contributed by atoms with van der Waals surface area (Å²) >= 11 is 0. The normalized spacial score (nSPS) is 24.1.